The summed E-state index contributed by atoms with van der Waals surface area (Å²) in [4.78, 5) is 15.0. The standard InChI is InChI=1S/C49H29N3OS/c1-2-11-32(12-3-1)47-50-48(52-49(51-47)35-23-25-40-39-16-8-9-17-42(39)53-43(40)28-35)33-20-18-31(19-21-33)36-13-6-7-14-37(36)34-22-26-41-45(29-34)54-44-27-24-30-10-4-5-15-38(30)46(41)44/h1-29H. The fourth-order valence-electron chi connectivity index (χ4n) is 7.71. The Balaban J connectivity index is 0.983. The van der Waals surface area contributed by atoms with Gasteiger partial charge in [0.1, 0.15) is 11.2 Å². The largest absolute Gasteiger partial charge is 0.456 e. The molecule has 0 aliphatic rings. The molecule has 3 heterocycles. The maximum atomic E-state index is 6.22. The lowest BCUT2D eigenvalue weighted by atomic mass is 9.93. The second-order valence-electron chi connectivity index (χ2n) is 13.6. The Morgan fingerprint density at radius 3 is 1.74 bits per heavy atom. The summed E-state index contributed by atoms with van der Waals surface area (Å²) in [5.74, 6) is 1.84. The van der Waals surface area contributed by atoms with Crippen molar-refractivity contribution < 1.29 is 4.42 Å². The van der Waals surface area contributed by atoms with E-state index in [2.05, 4.69) is 121 Å². The van der Waals surface area contributed by atoms with Crippen molar-refractivity contribution in [2.45, 2.75) is 0 Å². The Labute approximate surface area is 314 Å². The van der Waals surface area contributed by atoms with Crippen LogP contribution in [-0.2, 0) is 0 Å². The summed E-state index contributed by atoms with van der Waals surface area (Å²) in [6, 6.07) is 61.7. The molecular formula is C49H29N3OS. The topological polar surface area (TPSA) is 51.8 Å². The highest BCUT2D eigenvalue weighted by Gasteiger charge is 2.16. The highest BCUT2D eigenvalue weighted by molar-refractivity contribution is 7.26. The number of para-hydroxylation sites is 1. The van der Waals surface area contributed by atoms with Crippen LogP contribution >= 0.6 is 11.3 Å². The lowest BCUT2D eigenvalue weighted by molar-refractivity contribution is 0.669. The van der Waals surface area contributed by atoms with Gasteiger partial charge in [-0.2, -0.15) is 0 Å². The molecule has 0 saturated heterocycles. The van der Waals surface area contributed by atoms with Crippen molar-refractivity contribution in [1.82, 2.24) is 15.0 Å². The van der Waals surface area contributed by atoms with Crippen LogP contribution in [-0.4, -0.2) is 15.0 Å². The molecule has 5 heteroatoms. The van der Waals surface area contributed by atoms with Crippen molar-refractivity contribution in [3.63, 3.8) is 0 Å². The molecule has 4 nitrogen and oxygen atoms in total. The van der Waals surface area contributed by atoms with Gasteiger partial charge in [-0.1, -0.05) is 146 Å². The van der Waals surface area contributed by atoms with Gasteiger partial charge >= 0.3 is 0 Å². The van der Waals surface area contributed by atoms with Crippen molar-refractivity contribution >= 4 is 64.2 Å². The van der Waals surface area contributed by atoms with E-state index >= 15 is 0 Å². The summed E-state index contributed by atoms with van der Waals surface area (Å²) in [6.07, 6.45) is 0. The van der Waals surface area contributed by atoms with E-state index in [0.717, 1.165) is 44.2 Å². The highest BCUT2D eigenvalue weighted by Crippen LogP contribution is 2.42. The Bertz CT molecular complexity index is 3220. The number of benzene rings is 8. The first-order chi connectivity index (χ1) is 26.7. The minimum absolute atomic E-state index is 0.597. The maximum Gasteiger partial charge on any atom is 0.164 e. The molecule has 3 aromatic heterocycles. The second-order valence-corrected chi connectivity index (χ2v) is 14.7. The third kappa shape index (κ3) is 5.09. The Hall–Kier alpha value is -6.95. The van der Waals surface area contributed by atoms with Crippen LogP contribution in [0.5, 0.6) is 0 Å². The molecule has 0 aliphatic carbocycles. The third-order valence-corrected chi connectivity index (χ3v) is 11.5. The molecular weight excluding hydrogens is 679 g/mol. The lowest BCUT2D eigenvalue weighted by Crippen LogP contribution is -2.00. The quantitative estimate of drug-likeness (QED) is 0.179. The normalized spacial score (nSPS) is 11.7. The van der Waals surface area contributed by atoms with Gasteiger partial charge in [-0.25, -0.2) is 15.0 Å². The minimum Gasteiger partial charge on any atom is -0.456 e. The van der Waals surface area contributed by atoms with Gasteiger partial charge in [-0.15, -0.1) is 11.3 Å². The second kappa shape index (κ2) is 12.3. The van der Waals surface area contributed by atoms with Crippen LogP contribution in [0, 0.1) is 0 Å². The Morgan fingerprint density at radius 2 is 0.926 bits per heavy atom. The van der Waals surface area contributed by atoms with Crippen molar-refractivity contribution in [2.24, 2.45) is 0 Å². The summed E-state index contributed by atoms with van der Waals surface area (Å²) in [5, 5.41) is 7.40. The van der Waals surface area contributed by atoms with Crippen molar-refractivity contribution in [3.8, 4) is 56.4 Å². The summed E-state index contributed by atoms with van der Waals surface area (Å²) in [5.41, 5.74) is 9.10. The van der Waals surface area contributed by atoms with Crippen LogP contribution in [0.25, 0.3) is 109 Å². The fourth-order valence-corrected chi connectivity index (χ4v) is 8.88. The van der Waals surface area contributed by atoms with Gasteiger partial charge in [0.25, 0.3) is 0 Å². The molecule has 54 heavy (non-hydrogen) atoms. The zero-order chi connectivity index (χ0) is 35.6. The van der Waals surface area contributed by atoms with Crippen molar-refractivity contribution in [1.29, 1.82) is 0 Å². The van der Waals surface area contributed by atoms with E-state index in [1.807, 2.05) is 65.9 Å². The van der Waals surface area contributed by atoms with E-state index in [1.165, 1.54) is 47.6 Å². The fraction of sp³-hybridized carbons (Fsp3) is 0. The van der Waals surface area contributed by atoms with Gasteiger partial charge < -0.3 is 4.42 Å². The molecule has 11 rings (SSSR count). The average Bonchev–Trinajstić information content (AvgIpc) is 3.82. The van der Waals surface area contributed by atoms with E-state index < -0.39 is 0 Å². The zero-order valence-electron chi connectivity index (χ0n) is 28.9. The molecule has 0 fully saturated rings. The summed E-state index contributed by atoms with van der Waals surface area (Å²) < 4.78 is 8.83. The van der Waals surface area contributed by atoms with Gasteiger partial charge in [0, 0.05) is 47.6 Å². The molecule has 0 spiro atoms. The number of thiophene rings is 1. The minimum atomic E-state index is 0.597. The Morgan fingerprint density at radius 1 is 0.352 bits per heavy atom. The van der Waals surface area contributed by atoms with Crippen LogP contribution < -0.4 is 0 Å². The molecule has 0 aliphatic heterocycles. The van der Waals surface area contributed by atoms with Gasteiger partial charge in [0.2, 0.25) is 0 Å². The highest BCUT2D eigenvalue weighted by atomic mass is 32.1. The summed E-state index contributed by atoms with van der Waals surface area (Å²) in [7, 11) is 0. The number of rotatable bonds is 5. The molecule has 0 bridgehead atoms. The van der Waals surface area contributed by atoms with E-state index in [0.29, 0.717) is 17.5 Å². The zero-order valence-corrected chi connectivity index (χ0v) is 29.7. The predicted octanol–water partition coefficient (Wildman–Crippen LogP) is 13.6. The number of furan rings is 1. The Kier molecular flexibility index (Phi) is 7.00. The number of nitrogens with zero attached hydrogens (tertiary/aromatic N) is 3. The number of fused-ring (bicyclic) bond motifs is 8. The molecule has 0 saturated carbocycles. The van der Waals surface area contributed by atoms with E-state index in [1.54, 1.807) is 0 Å². The first kappa shape index (κ1) is 30.7. The first-order valence-electron chi connectivity index (χ1n) is 18.0. The molecule has 0 N–H and O–H groups in total. The number of hydrogen-bond acceptors (Lipinski definition) is 5. The smallest absolute Gasteiger partial charge is 0.164 e. The monoisotopic (exact) mass is 707 g/mol. The lowest BCUT2D eigenvalue weighted by Gasteiger charge is -2.12. The maximum absolute atomic E-state index is 6.22. The third-order valence-electron chi connectivity index (χ3n) is 10.4. The van der Waals surface area contributed by atoms with E-state index in [-0.39, 0.29) is 0 Å². The predicted molar refractivity (Wildman–Crippen MR) is 225 cm³/mol. The van der Waals surface area contributed by atoms with Gasteiger partial charge in [0.05, 0.1) is 0 Å². The average molecular weight is 708 g/mol. The molecule has 8 aromatic carbocycles. The molecule has 11 aromatic rings. The van der Waals surface area contributed by atoms with Gasteiger partial charge in [-0.05, 0) is 63.4 Å². The molecule has 0 amide bonds. The van der Waals surface area contributed by atoms with Crippen LogP contribution in [0.2, 0.25) is 0 Å². The molecule has 0 unspecified atom stereocenters. The van der Waals surface area contributed by atoms with Gasteiger partial charge in [-0.3, -0.25) is 0 Å². The number of hydrogen-bond donors (Lipinski definition) is 0. The molecule has 252 valence electrons. The van der Waals surface area contributed by atoms with Crippen LogP contribution in [0.4, 0.5) is 0 Å². The van der Waals surface area contributed by atoms with Crippen LogP contribution in [0.3, 0.4) is 0 Å². The van der Waals surface area contributed by atoms with Crippen molar-refractivity contribution in [3.05, 3.63) is 176 Å². The number of aromatic nitrogens is 3. The van der Waals surface area contributed by atoms with E-state index in [9.17, 15) is 0 Å². The van der Waals surface area contributed by atoms with Gasteiger partial charge in [0.15, 0.2) is 17.5 Å². The summed E-state index contributed by atoms with van der Waals surface area (Å²) >= 11 is 1.86. The summed E-state index contributed by atoms with van der Waals surface area (Å²) in [6.45, 7) is 0. The van der Waals surface area contributed by atoms with Crippen LogP contribution in [0.15, 0.2) is 180 Å². The van der Waals surface area contributed by atoms with Crippen LogP contribution in [0.1, 0.15) is 0 Å². The SMILES string of the molecule is c1ccc(-c2nc(-c3ccc(-c4ccccc4-c4ccc5c(c4)sc4ccc6ccccc6c45)cc3)nc(-c3ccc4c(c3)oc3ccccc34)n2)cc1. The molecule has 0 radical (unpaired) electrons. The van der Waals surface area contributed by atoms with E-state index in [4.69, 9.17) is 19.4 Å². The molecule has 0 atom stereocenters. The van der Waals surface area contributed by atoms with Crippen molar-refractivity contribution in [2.75, 3.05) is 0 Å². The first-order valence-corrected chi connectivity index (χ1v) is 18.8.